The summed E-state index contributed by atoms with van der Waals surface area (Å²) < 4.78 is 5.56. The first-order chi connectivity index (χ1) is 15.2. The average molecular weight is 410 g/mol. The van der Waals surface area contributed by atoms with E-state index < -0.39 is 0 Å². The molecule has 6 nitrogen and oxygen atoms in total. The lowest BCUT2D eigenvalue weighted by molar-refractivity contribution is 0.102. The number of anilines is 3. The van der Waals surface area contributed by atoms with Gasteiger partial charge in [-0.3, -0.25) is 4.79 Å². The summed E-state index contributed by atoms with van der Waals surface area (Å²) in [6.07, 6.45) is 1.72. The summed E-state index contributed by atoms with van der Waals surface area (Å²) in [5, 5.41) is 6.15. The first-order valence-corrected chi connectivity index (χ1v) is 10.0. The molecule has 3 aromatic carbocycles. The Bertz CT molecular complexity index is 1160. The van der Waals surface area contributed by atoms with Gasteiger partial charge in [0, 0.05) is 23.0 Å². The normalized spacial score (nSPS) is 10.4. The fourth-order valence-corrected chi connectivity index (χ4v) is 3.05. The molecule has 1 heterocycles. The molecule has 4 rings (SSSR count). The van der Waals surface area contributed by atoms with Crippen LogP contribution in [0.5, 0.6) is 5.75 Å². The summed E-state index contributed by atoms with van der Waals surface area (Å²) in [4.78, 5) is 21.5. The van der Waals surface area contributed by atoms with E-state index in [1.807, 2.05) is 73.7 Å². The SMILES string of the molecule is CCOc1ccccc1NC(=O)c1ccc(Nc2ccnc(-c3ccccc3)n2)cc1. The van der Waals surface area contributed by atoms with Crippen LogP contribution < -0.4 is 15.4 Å². The molecular weight excluding hydrogens is 388 g/mol. The Morgan fingerprint density at radius 3 is 2.42 bits per heavy atom. The molecule has 1 aromatic heterocycles. The number of carbonyl (C=O) groups is 1. The second kappa shape index (κ2) is 9.54. The largest absolute Gasteiger partial charge is 0.492 e. The lowest BCUT2D eigenvalue weighted by Crippen LogP contribution is -2.13. The number of ether oxygens (including phenoxy) is 1. The first kappa shape index (κ1) is 20.1. The predicted molar refractivity (Wildman–Crippen MR) is 123 cm³/mol. The highest BCUT2D eigenvalue weighted by Crippen LogP contribution is 2.25. The number of rotatable bonds is 7. The van der Waals surface area contributed by atoms with Crippen LogP contribution in [0.1, 0.15) is 17.3 Å². The van der Waals surface area contributed by atoms with E-state index in [2.05, 4.69) is 20.6 Å². The molecular formula is C25H22N4O2. The molecule has 0 saturated heterocycles. The van der Waals surface area contributed by atoms with Crippen molar-refractivity contribution in [2.24, 2.45) is 0 Å². The van der Waals surface area contributed by atoms with Gasteiger partial charge in [-0.05, 0) is 49.4 Å². The van der Waals surface area contributed by atoms with E-state index >= 15 is 0 Å². The number of nitrogens with zero attached hydrogens (tertiary/aromatic N) is 2. The maximum atomic E-state index is 12.6. The summed E-state index contributed by atoms with van der Waals surface area (Å²) in [6, 6.07) is 26.2. The fraction of sp³-hybridized carbons (Fsp3) is 0.0800. The van der Waals surface area contributed by atoms with Gasteiger partial charge in [0.25, 0.3) is 5.91 Å². The Morgan fingerprint density at radius 1 is 0.903 bits per heavy atom. The van der Waals surface area contributed by atoms with Gasteiger partial charge in [0.15, 0.2) is 5.82 Å². The molecule has 6 heteroatoms. The molecule has 0 aliphatic rings. The molecule has 2 N–H and O–H groups in total. The van der Waals surface area contributed by atoms with Crippen molar-refractivity contribution in [3.8, 4) is 17.1 Å². The van der Waals surface area contributed by atoms with Crippen LogP contribution in [-0.4, -0.2) is 22.5 Å². The minimum Gasteiger partial charge on any atom is -0.492 e. The second-order valence-electron chi connectivity index (χ2n) is 6.72. The molecule has 4 aromatic rings. The predicted octanol–water partition coefficient (Wildman–Crippen LogP) is 5.54. The molecule has 154 valence electrons. The lowest BCUT2D eigenvalue weighted by Gasteiger charge is -2.12. The number of para-hydroxylation sites is 2. The van der Waals surface area contributed by atoms with Gasteiger partial charge >= 0.3 is 0 Å². The van der Waals surface area contributed by atoms with Gasteiger partial charge in [-0.1, -0.05) is 42.5 Å². The minimum absolute atomic E-state index is 0.202. The quantitative estimate of drug-likeness (QED) is 0.418. The molecule has 0 atom stereocenters. The van der Waals surface area contributed by atoms with E-state index in [0.29, 0.717) is 35.2 Å². The van der Waals surface area contributed by atoms with E-state index in [1.54, 1.807) is 24.4 Å². The van der Waals surface area contributed by atoms with Gasteiger partial charge in [0.05, 0.1) is 12.3 Å². The second-order valence-corrected chi connectivity index (χ2v) is 6.72. The highest BCUT2D eigenvalue weighted by atomic mass is 16.5. The van der Waals surface area contributed by atoms with Gasteiger partial charge in [-0.2, -0.15) is 0 Å². The molecule has 0 spiro atoms. The monoisotopic (exact) mass is 410 g/mol. The van der Waals surface area contributed by atoms with Crippen LogP contribution in [-0.2, 0) is 0 Å². The number of aromatic nitrogens is 2. The maximum absolute atomic E-state index is 12.6. The van der Waals surface area contributed by atoms with Crippen molar-refractivity contribution < 1.29 is 9.53 Å². The summed E-state index contributed by atoms with van der Waals surface area (Å²) in [7, 11) is 0. The number of amides is 1. The summed E-state index contributed by atoms with van der Waals surface area (Å²) >= 11 is 0. The van der Waals surface area contributed by atoms with Crippen molar-refractivity contribution in [1.29, 1.82) is 0 Å². The minimum atomic E-state index is -0.202. The third-order valence-corrected chi connectivity index (χ3v) is 4.54. The zero-order valence-electron chi connectivity index (χ0n) is 17.1. The van der Waals surface area contributed by atoms with Crippen LogP contribution >= 0.6 is 0 Å². The van der Waals surface area contributed by atoms with Crippen molar-refractivity contribution in [3.63, 3.8) is 0 Å². The molecule has 0 aliphatic heterocycles. The molecule has 1 amide bonds. The zero-order valence-corrected chi connectivity index (χ0v) is 17.1. The van der Waals surface area contributed by atoms with Crippen LogP contribution in [0.25, 0.3) is 11.4 Å². The molecule has 0 saturated carbocycles. The summed E-state index contributed by atoms with van der Waals surface area (Å²) in [6.45, 7) is 2.44. The topological polar surface area (TPSA) is 76.1 Å². The van der Waals surface area contributed by atoms with E-state index in [4.69, 9.17) is 4.74 Å². The van der Waals surface area contributed by atoms with E-state index in [1.165, 1.54) is 0 Å². The summed E-state index contributed by atoms with van der Waals surface area (Å²) in [5.74, 6) is 1.77. The van der Waals surface area contributed by atoms with Crippen LogP contribution in [0.4, 0.5) is 17.2 Å². The zero-order chi connectivity index (χ0) is 21.5. The molecule has 0 bridgehead atoms. The number of hydrogen-bond acceptors (Lipinski definition) is 5. The number of hydrogen-bond donors (Lipinski definition) is 2. The lowest BCUT2D eigenvalue weighted by atomic mass is 10.2. The van der Waals surface area contributed by atoms with Gasteiger partial charge in [0.2, 0.25) is 0 Å². The van der Waals surface area contributed by atoms with Crippen LogP contribution in [0.3, 0.4) is 0 Å². The van der Waals surface area contributed by atoms with E-state index in [0.717, 1.165) is 11.3 Å². The van der Waals surface area contributed by atoms with Gasteiger partial charge in [-0.15, -0.1) is 0 Å². The van der Waals surface area contributed by atoms with Crippen molar-refractivity contribution in [3.05, 3.63) is 96.7 Å². The Kier molecular flexibility index (Phi) is 6.18. The molecule has 31 heavy (non-hydrogen) atoms. The van der Waals surface area contributed by atoms with Crippen molar-refractivity contribution in [2.45, 2.75) is 6.92 Å². The highest BCUT2D eigenvalue weighted by Gasteiger charge is 2.10. The smallest absolute Gasteiger partial charge is 0.255 e. The van der Waals surface area contributed by atoms with E-state index in [-0.39, 0.29) is 5.91 Å². The fourth-order valence-electron chi connectivity index (χ4n) is 3.05. The van der Waals surface area contributed by atoms with Crippen molar-refractivity contribution in [1.82, 2.24) is 9.97 Å². The molecule has 0 radical (unpaired) electrons. The average Bonchev–Trinajstić information content (AvgIpc) is 2.82. The Labute approximate surface area is 181 Å². The molecule has 0 unspecified atom stereocenters. The van der Waals surface area contributed by atoms with Crippen LogP contribution in [0.2, 0.25) is 0 Å². The number of carbonyl (C=O) groups excluding carboxylic acids is 1. The van der Waals surface area contributed by atoms with Crippen LogP contribution in [0, 0.1) is 0 Å². The standard InChI is InChI=1S/C25H22N4O2/c1-2-31-22-11-7-6-10-21(22)28-25(30)19-12-14-20(15-13-19)27-23-16-17-26-24(29-23)18-8-4-3-5-9-18/h3-17H,2H2,1H3,(H,28,30)(H,26,27,29). The maximum Gasteiger partial charge on any atom is 0.255 e. The van der Waals surface area contributed by atoms with Crippen LogP contribution in [0.15, 0.2) is 91.1 Å². The van der Waals surface area contributed by atoms with Gasteiger partial charge < -0.3 is 15.4 Å². The first-order valence-electron chi connectivity index (χ1n) is 10.0. The number of nitrogens with one attached hydrogen (secondary N) is 2. The Hall–Kier alpha value is -4.19. The van der Waals surface area contributed by atoms with Gasteiger partial charge in [0.1, 0.15) is 11.6 Å². The molecule has 0 aliphatic carbocycles. The number of benzene rings is 3. The third kappa shape index (κ3) is 5.05. The van der Waals surface area contributed by atoms with Gasteiger partial charge in [-0.25, -0.2) is 9.97 Å². The Balaban J connectivity index is 1.45. The van der Waals surface area contributed by atoms with Crippen molar-refractivity contribution in [2.75, 3.05) is 17.2 Å². The Morgan fingerprint density at radius 2 is 1.65 bits per heavy atom. The van der Waals surface area contributed by atoms with E-state index in [9.17, 15) is 4.79 Å². The van der Waals surface area contributed by atoms with Crippen molar-refractivity contribution >= 4 is 23.1 Å². The molecule has 0 fully saturated rings. The highest BCUT2D eigenvalue weighted by molar-refractivity contribution is 6.05. The third-order valence-electron chi connectivity index (χ3n) is 4.54. The summed E-state index contributed by atoms with van der Waals surface area (Å²) in [5.41, 5.74) is 2.96.